The van der Waals surface area contributed by atoms with Gasteiger partial charge in [0.2, 0.25) is 0 Å². The van der Waals surface area contributed by atoms with Crippen LogP contribution in [0, 0.1) is 11.2 Å². The van der Waals surface area contributed by atoms with Crippen molar-refractivity contribution in [3.8, 4) is 0 Å². The molecule has 0 saturated carbocycles. The number of ether oxygens (including phenoxy) is 1. The number of benzene rings is 1. The Hall–Kier alpha value is -2.08. The molecule has 1 atom stereocenters. The van der Waals surface area contributed by atoms with Crippen LogP contribution in [0.25, 0.3) is 0 Å². The van der Waals surface area contributed by atoms with Crippen molar-refractivity contribution in [2.75, 3.05) is 18.1 Å². The van der Waals surface area contributed by atoms with Crippen molar-refractivity contribution >= 4 is 23.5 Å². The number of rotatable bonds is 6. The van der Waals surface area contributed by atoms with Gasteiger partial charge in [0.25, 0.3) is 0 Å². The zero-order valence-electron chi connectivity index (χ0n) is 17.4. The van der Waals surface area contributed by atoms with Crippen molar-refractivity contribution < 1.29 is 18.7 Å². The van der Waals surface area contributed by atoms with E-state index in [1.165, 1.54) is 12.1 Å². The second kappa shape index (κ2) is 8.74. The lowest BCUT2D eigenvalue weighted by Crippen LogP contribution is -2.38. The highest BCUT2D eigenvalue weighted by molar-refractivity contribution is 7.99. The van der Waals surface area contributed by atoms with Gasteiger partial charge >= 0.3 is 5.97 Å². The van der Waals surface area contributed by atoms with Crippen LogP contribution in [0.5, 0.6) is 0 Å². The van der Waals surface area contributed by atoms with Gasteiger partial charge in [-0.3, -0.25) is 4.79 Å². The second-order valence-electron chi connectivity index (χ2n) is 8.31. The number of Topliss-reactive ketones (excluding diaryl/α,β-unsaturated/α-hetero) is 1. The van der Waals surface area contributed by atoms with Crippen LogP contribution < -0.4 is 5.32 Å². The maximum absolute atomic E-state index is 13.5. The molecule has 1 aliphatic heterocycles. The molecule has 0 bridgehead atoms. The number of dihydropyridines is 1. The molecule has 1 unspecified atom stereocenters. The lowest BCUT2D eigenvalue weighted by molar-refractivity contribution is -0.138. The number of carbonyl (C=O) groups excluding carboxylic acids is 2. The van der Waals surface area contributed by atoms with Gasteiger partial charge in [0.05, 0.1) is 5.57 Å². The third kappa shape index (κ3) is 4.74. The van der Waals surface area contributed by atoms with Crippen molar-refractivity contribution in [2.24, 2.45) is 5.41 Å². The average molecular weight is 418 g/mol. The summed E-state index contributed by atoms with van der Waals surface area (Å²) in [5.41, 5.74) is 3.17. The van der Waals surface area contributed by atoms with E-state index in [1.54, 1.807) is 23.9 Å². The molecular formula is C23H28FNO3S. The Morgan fingerprint density at radius 3 is 2.62 bits per heavy atom. The van der Waals surface area contributed by atoms with Crippen LogP contribution in [-0.2, 0) is 14.3 Å². The second-order valence-corrected chi connectivity index (χ2v) is 9.71. The number of hydrogen-bond donors (Lipinski definition) is 1. The van der Waals surface area contributed by atoms with Gasteiger partial charge in [-0.2, -0.15) is 11.8 Å². The standard InChI is InChI=1S/C23H28FNO3S/c1-5-29-11-10-28-22(27)19-14(2)25-17-12-23(3,4)13-18(26)21(17)20(19)15-6-8-16(24)9-7-15/h6-9,20,25H,5,10-13H2,1-4H3. The van der Waals surface area contributed by atoms with Crippen LogP contribution in [-0.4, -0.2) is 29.9 Å². The predicted octanol–water partition coefficient (Wildman–Crippen LogP) is 4.73. The van der Waals surface area contributed by atoms with Gasteiger partial charge in [-0.15, -0.1) is 0 Å². The van der Waals surface area contributed by atoms with E-state index in [1.807, 2.05) is 6.92 Å². The molecular weight excluding hydrogens is 389 g/mol. The lowest BCUT2D eigenvalue weighted by Gasteiger charge is -2.39. The van der Waals surface area contributed by atoms with E-state index in [4.69, 9.17) is 4.74 Å². The molecule has 1 aromatic carbocycles. The van der Waals surface area contributed by atoms with Crippen LogP contribution in [0.2, 0.25) is 0 Å². The first-order valence-electron chi connectivity index (χ1n) is 9.98. The number of thioether (sulfide) groups is 1. The number of nitrogens with one attached hydrogen (secondary N) is 1. The fourth-order valence-corrected chi connectivity index (χ4v) is 4.60. The molecule has 0 fully saturated rings. The largest absolute Gasteiger partial charge is 0.461 e. The molecule has 0 amide bonds. The van der Waals surface area contributed by atoms with E-state index in [9.17, 15) is 14.0 Å². The van der Waals surface area contributed by atoms with Crippen molar-refractivity contribution in [1.82, 2.24) is 5.32 Å². The fourth-order valence-electron chi connectivity index (χ4n) is 4.11. The van der Waals surface area contributed by atoms with Crippen molar-refractivity contribution in [2.45, 2.75) is 46.5 Å². The highest BCUT2D eigenvalue weighted by Gasteiger charge is 2.43. The number of hydrogen-bond acceptors (Lipinski definition) is 5. The summed E-state index contributed by atoms with van der Waals surface area (Å²) >= 11 is 1.70. The molecule has 1 N–H and O–H groups in total. The van der Waals surface area contributed by atoms with E-state index in [2.05, 4.69) is 26.1 Å². The van der Waals surface area contributed by atoms with Crippen LogP contribution >= 0.6 is 11.8 Å². The molecule has 0 aromatic heterocycles. The molecule has 4 nitrogen and oxygen atoms in total. The van der Waals surface area contributed by atoms with Crippen LogP contribution in [0.3, 0.4) is 0 Å². The van der Waals surface area contributed by atoms with Crippen molar-refractivity contribution in [1.29, 1.82) is 0 Å². The Balaban J connectivity index is 2.01. The normalized spacial score (nSPS) is 21.0. The highest BCUT2D eigenvalue weighted by Crippen LogP contribution is 2.46. The number of halogens is 1. The SMILES string of the molecule is CCSCCOC(=O)C1=C(C)NC2=C(C(=O)CC(C)(C)C2)C1c1ccc(F)cc1. The van der Waals surface area contributed by atoms with Crippen LogP contribution in [0.1, 0.15) is 52.0 Å². The molecule has 1 aromatic rings. The third-order valence-electron chi connectivity index (χ3n) is 5.33. The lowest BCUT2D eigenvalue weighted by atomic mass is 9.68. The minimum Gasteiger partial charge on any atom is -0.461 e. The summed E-state index contributed by atoms with van der Waals surface area (Å²) in [7, 11) is 0. The van der Waals surface area contributed by atoms with Gasteiger partial charge in [-0.1, -0.05) is 32.9 Å². The third-order valence-corrected chi connectivity index (χ3v) is 6.19. The first-order chi connectivity index (χ1) is 13.7. The summed E-state index contributed by atoms with van der Waals surface area (Å²) in [6.45, 7) is 8.34. The Bertz CT molecular complexity index is 871. The molecule has 1 heterocycles. The minimum atomic E-state index is -0.540. The number of esters is 1. The molecule has 0 radical (unpaired) electrons. The van der Waals surface area contributed by atoms with Crippen LogP contribution in [0.4, 0.5) is 4.39 Å². The van der Waals surface area contributed by atoms with E-state index in [0.29, 0.717) is 29.9 Å². The van der Waals surface area contributed by atoms with Gasteiger partial charge in [-0.25, -0.2) is 9.18 Å². The van der Waals surface area contributed by atoms with Gasteiger partial charge in [-0.05, 0) is 42.2 Å². The highest BCUT2D eigenvalue weighted by atomic mass is 32.2. The maximum Gasteiger partial charge on any atom is 0.336 e. The zero-order chi connectivity index (χ0) is 21.2. The first kappa shape index (κ1) is 21.6. The van der Waals surface area contributed by atoms with Crippen LogP contribution in [0.15, 0.2) is 46.8 Å². The Morgan fingerprint density at radius 2 is 1.97 bits per heavy atom. The Kier molecular flexibility index (Phi) is 6.52. The molecule has 29 heavy (non-hydrogen) atoms. The Morgan fingerprint density at radius 1 is 1.28 bits per heavy atom. The van der Waals surface area contributed by atoms with Crippen molar-refractivity contribution in [3.05, 3.63) is 58.2 Å². The summed E-state index contributed by atoms with van der Waals surface area (Å²) < 4.78 is 19.1. The minimum absolute atomic E-state index is 0.0254. The average Bonchev–Trinajstić information content (AvgIpc) is 2.63. The summed E-state index contributed by atoms with van der Waals surface area (Å²) in [5, 5.41) is 3.31. The molecule has 2 aliphatic rings. The maximum atomic E-state index is 13.5. The predicted molar refractivity (Wildman–Crippen MR) is 114 cm³/mol. The number of allylic oxidation sites excluding steroid dienone is 3. The van der Waals surface area contributed by atoms with Gasteiger partial charge < -0.3 is 10.1 Å². The van der Waals surface area contributed by atoms with E-state index >= 15 is 0 Å². The quantitative estimate of drug-likeness (QED) is 0.536. The van der Waals surface area contributed by atoms with E-state index in [-0.39, 0.29) is 17.0 Å². The van der Waals surface area contributed by atoms with Crippen molar-refractivity contribution in [3.63, 3.8) is 0 Å². The van der Waals surface area contributed by atoms with Gasteiger partial charge in [0.15, 0.2) is 5.78 Å². The zero-order valence-corrected chi connectivity index (χ0v) is 18.2. The summed E-state index contributed by atoms with van der Waals surface area (Å²) in [4.78, 5) is 26.1. The van der Waals surface area contributed by atoms with Gasteiger partial charge in [0, 0.05) is 35.1 Å². The molecule has 156 valence electrons. The Labute approximate surface area is 176 Å². The summed E-state index contributed by atoms with van der Waals surface area (Å²) in [6.07, 6.45) is 1.14. The number of carbonyl (C=O) groups is 2. The molecule has 0 saturated heterocycles. The van der Waals surface area contributed by atoms with E-state index < -0.39 is 11.9 Å². The monoisotopic (exact) mass is 417 g/mol. The smallest absolute Gasteiger partial charge is 0.336 e. The molecule has 3 rings (SSSR count). The first-order valence-corrected chi connectivity index (χ1v) is 11.1. The summed E-state index contributed by atoms with van der Waals surface area (Å²) in [5.74, 6) is 0.392. The molecule has 6 heteroatoms. The fraction of sp³-hybridized carbons (Fsp3) is 0.478. The molecule has 1 aliphatic carbocycles. The summed E-state index contributed by atoms with van der Waals surface area (Å²) in [6, 6.07) is 6.03. The topological polar surface area (TPSA) is 55.4 Å². The number of ketones is 1. The molecule has 0 spiro atoms. The van der Waals surface area contributed by atoms with E-state index in [0.717, 1.165) is 29.2 Å². The van der Waals surface area contributed by atoms with Gasteiger partial charge in [0.1, 0.15) is 12.4 Å².